The van der Waals surface area contributed by atoms with Gasteiger partial charge in [0.2, 0.25) is 0 Å². The summed E-state index contributed by atoms with van der Waals surface area (Å²) in [6.45, 7) is 3.11. The summed E-state index contributed by atoms with van der Waals surface area (Å²) in [6, 6.07) is 11.1. The number of furan rings is 1. The van der Waals surface area contributed by atoms with Crippen molar-refractivity contribution >= 4 is 0 Å². The first kappa shape index (κ1) is 17.7. The SMILES string of the molecule is OC1CC(C(Cc2ccccn2)NC2CCN(Cc3ccco3)CC2)C1. The molecule has 1 atom stereocenters. The van der Waals surface area contributed by atoms with E-state index in [-0.39, 0.29) is 6.10 Å². The van der Waals surface area contributed by atoms with Crippen LogP contribution in [0.4, 0.5) is 0 Å². The van der Waals surface area contributed by atoms with E-state index in [4.69, 9.17) is 4.42 Å². The van der Waals surface area contributed by atoms with Crippen LogP contribution in [0.2, 0.25) is 0 Å². The average Bonchev–Trinajstić information content (AvgIpc) is 3.14. The molecular formula is C21H29N3O2. The van der Waals surface area contributed by atoms with E-state index in [9.17, 15) is 5.11 Å². The lowest BCUT2D eigenvalue weighted by Gasteiger charge is -2.41. The quantitative estimate of drug-likeness (QED) is 0.799. The first-order valence-electron chi connectivity index (χ1n) is 9.85. The molecule has 1 saturated heterocycles. The largest absolute Gasteiger partial charge is 0.468 e. The van der Waals surface area contributed by atoms with Gasteiger partial charge in [-0.25, -0.2) is 0 Å². The van der Waals surface area contributed by atoms with Crippen LogP contribution in [0.15, 0.2) is 47.2 Å². The molecule has 0 bridgehead atoms. The Labute approximate surface area is 155 Å². The van der Waals surface area contributed by atoms with Gasteiger partial charge in [0.15, 0.2) is 0 Å². The minimum Gasteiger partial charge on any atom is -0.468 e. The number of pyridine rings is 1. The molecule has 0 aromatic carbocycles. The Kier molecular flexibility index (Phi) is 5.68. The second kappa shape index (κ2) is 8.33. The Balaban J connectivity index is 1.30. The Morgan fingerprint density at radius 1 is 1.19 bits per heavy atom. The lowest BCUT2D eigenvalue weighted by molar-refractivity contribution is 0.0198. The summed E-state index contributed by atoms with van der Waals surface area (Å²) in [7, 11) is 0. The van der Waals surface area contributed by atoms with E-state index in [2.05, 4.69) is 33.4 Å². The molecule has 2 N–H and O–H groups in total. The van der Waals surface area contributed by atoms with Crippen molar-refractivity contribution in [3.05, 3.63) is 54.2 Å². The van der Waals surface area contributed by atoms with E-state index in [1.54, 1.807) is 6.26 Å². The maximum absolute atomic E-state index is 9.74. The molecule has 2 aliphatic rings. The highest BCUT2D eigenvalue weighted by molar-refractivity contribution is 5.07. The van der Waals surface area contributed by atoms with Crippen LogP contribution >= 0.6 is 0 Å². The molecule has 2 fully saturated rings. The zero-order valence-electron chi connectivity index (χ0n) is 15.3. The number of aliphatic hydroxyl groups is 1. The first-order valence-corrected chi connectivity index (χ1v) is 9.85. The van der Waals surface area contributed by atoms with Crippen molar-refractivity contribution < 1.29 is 9.52 Å². The number of nitrogens with zero attached hydrogens (tertiary/aromatic N) is 2. The minimum absolute atomic E-state index is 0.108. The molecule has 26 heavy (non-hydrogen) atoms. The highest BCUT2D eigenvalue weighted by atomic mass is 16.3. The zero-order chi connectivity index (χ0) is 17.8. The fraction of sp³-hybridized carbons (Fsp3) is 0.571. The monoisotopic (exact) mass is 355 g/mol. The average molecular weight is 355 g/mol. The normalized spacial score (nSPS) is 25.7. The minimum atomic E-state index is -0.108. The molecule has 0 amide bonds. The number of hydrogen-bond acceptors (Lipinski definition) is 5. The van der Waals surface area contributed by atoms with Crippen molar-refractivity contribution in [3.8, 4) is 0 Å². The summed E-state index contributed by atoms with van der Waals surface area (Å²) in [5.41, 5.74) is 1.14. The third kappa shape index (κ3) is 4.53. The van der Waals surface area contributed by atoms with Gasteiger partial charge in [0, 0.05) is 43.5 Å². The summed E-state index contributed by atoms with van der Waals surface area (Å²) in [5, 5.41) is 13.6. The van der Waals surface area contributed by atoms with E-state index >= 15 is 0 Å². The molecule has 4 rings (SSSR count). The lowest BCUT2D eigenvalue weighted by Crippen LogP contribution is -2.52. The molecule has 0 radical (unpaired) electrons. The molecule has 1 unspecified atom stereocenters. The summed E-state index contributed by atoms with van der Waals surface area (Å²) in [6.07, 6.45) is 8.62. The van der Waals surface area contributed by atoms with Crippen molar-refractivity contribution in [2.75, 3.05) is 13.1 Å². The van der Waals surface area contributed by atoms with Crippen molar-refractivity contribution in [2.45, 2.75) is 56.8 Å². The van der Waals surface area contributed by atoms with Gasteiger partial charge in [-0.1, -0.05) is 6.07 Å². The van der Waals surface area contributed by atoms with Crippen LogP contribution in [0.3, 0.4) is 0 Å². The number of rotatable bonds is 7. The third-order valence-corrected chi connectivity index (χ3v) is 5.87. The van der Waals surface area contributed by atoms with Crippen LogP contribution in [0, 0.1) is 5.92 Å². The van der Waals surface area contributed by atoms with Gasteiger partial charge in [0.25, 0.3) is 0 Å². The van der Waals surface area contributed by atoms with E-state index in [1.165, 1.54) is 0 Å². The smallest absolute Gasteiger partial charge is 0.117 e. The maximum atomic E-state index is 9.74. The highest BCUT2D eigenvalue weighted by Gasteiger charge is 2.35. The highest BCUT2D eigenvalue weighted by Crippen LogP contribution is 2.32. The van der Waals surface area contributed by atoms with Crippen LogP contribution in [-0.2, 0) is 13.0 Å². The summed E-state index contributed by atoms with van der Waals surface area (Å²) in [5.74, 6) is 1.61. The molecule has 2 aromatic heterocycles. The van der Waals surface area contributed by atoms with Crippen LogP contribution in [-0.4, -0.2) is 46.3 Å². The predicted octanol–water partition coefficient (Wildman–Crippen LogP) is 2.61. The molecule has 0 spiro atoms. The molecule has 5 nitrogen and oxygen atoms in total. The van der Waals surface area contributed by atoms with E-state index in [0.717, 1.165) is 63.2 Å². The lowest BCUT2D eigenvalue weighted by atomic mass is 9.75. The van der Waals surface area contributed by atoms with E-state index in [1.807, 2.05) is 18.3 Å². The molecule has 2 aromatic rings. The standard InChI is InChI=1S/C21H29N3O2/c25-19-12-16(13-19)21(14-18-4-1-2-8-22-18)23-17-6-9-24(10-7-17)15-20-5-3-11-26-20/h1-5,8,11,16-17,19,21,23,25H,6-7,9-10,12-15H2. The van der Waals surface area contributed by atoms with Gasteiger partial charge in [0.05, 0.1) is 18.9 Å². The Morgan fingerprint density at radius 3 is 2.69 bits per heavy atom. The molecule has 1 aliphatic heterocycles. The van der Waals surface area contributed by atoms with Crippen LogP contribution in [0.25, 0.3) is 0 Å². The Hall–Kier alpha value is -1.69. The summed E-state index contributed by atoms with van der Waals surface area (Å²) < 4.78 is 5.47. The fourth-order valence-electron chi connectivity index (χ4n) is 4.25. The van der Waals surface area contributed by atoms with Crippen molar-refractivity contribution in [1.29, 1.82) is 0 Å². The Bertz CT molecular complexity index is 647. The van der Waals surface area contributed by atoms with Gasteiger partial charge in [-0.3, -0.25) is 9.88 Å². The number of aromatic nitrogens is 1. The third-order valence-electron chi connectivity index (χ3n) is 5.87. The van der Waals surface area contributed by atoms with Gasteiger partial charge in [0.1, 0.15) is 5.76 Å². The van der Waals surface area contributed by atoms with Crippen molar-refractivity contribution in [3.63, 3.8) is 0 Å². The number of likely N-dealkylation sites (tertiary alicyclic amines) is 1. The van der Waals surface area contributed by atoms with Gasteiger partial charge in [-0.15, -0.1) is 0 Å². The molecule has 1 saturated carbocycles. The van der Waals surface area contributed by atoms with Gasteiger partial charge in [-0.05, 0) is 55.9 Å². The fourth-order valence-corrected chi connectivity index (χ4v) is 4.25. The van der Waals surface area contributed by atoms with Crippen LogP contribution < -0.4 is 5.32 Å². The van der Waals surface area contributed by atoms with Gasteiger partial charge < -0.3 is 14.8 Å². The van der Waals surface area contributed by atoms with Crippen molar-refractivity contribution in [1.82, 2.24) is 15.2 Å². The van der Waals surface area contributed by atoms with Crippen LogP contribution in [0.1, 0.15) is 37.1 Å². The van der Waals surface area contributed by atoms with Crippen LogP contribution in [0.5, 0.6) is 0 Å². The molecule has 140 valence electrons. The molecule has 1 aliphatic carbocycles. The van der Waals surface area contributed by atoms with Gasteiger partial charge >= 0.3 is 0 Å². The molecular weight excluding hydrogens is 326 g/mol. The van der Waals surface area contributed by atoms with E-state index in [0.29, 0.717) is 18.0 Å². The first-order chi connectivity index (χ1) is 12.8. The molecule has 3 heterocycles. The number of piperidine rings is 1. The summed E-state index contributed by atoms with van der Waals surface area (Å²) >= 11 is 0. The number of nitrogens with one attached hydrogen (secondary N) is 1. The van der Waals surface area contributed by atoms with Crippen molar-refractivity contribution in [2.24, 2.45) is 5.92 Å². The molecule has 5 heteroatoms. The second-order valence-corrected chi connectivity index (χ2v) is 7.81. The topological polar surface area (TPSA) is 61.5 Å². The Morgan fingerprint density at radius 2 is 2.04 bits per heavy atom. The zero-order valence-corrected chi connectivity index (χ0v) is 15.3. The van der Waals surface area contributed by atoms with E-state index < -0.39 is 0 Å². The summed E-state index contributed by atoms with van der Waals surface area (Å²) in [4.78, 5) is 6.97. The second-order valence-electron chi connectivity index (χ2n) is 7.81. The maximum Gasteiger partial charge on any atom is 0.117 e. The number of hydrogen-bond donors (Lipinski definition) is 2. The number of aliphatic hydroxyl groups excluding tert-OH is 1. The predicted molar refractivity (Wildman–Crippen MR) is 101 cm³/mol. The van der Waals surface area contributed by atoms with Gasteiger partial charge in [-0.2, -0.15) is 0 Å².